The average molecular weight is 408 g/mol. The number of piperazine rings is 1. The van der Waals surface area contributed by atoms with E-state index in [1.807, 2.05) is 18.2 Å². The van der Waals surface area contributed by atoms with Crippen LogP contribution in [-0.2, 0) is 6.42 Å². The Labute approximate surface area is 177 Å². The molecule has 0 saturated carbocycles. The molecule has 2 aliphatic rings. The molecule has 0 spiro atoms. The summed E-state index contributed by atoms with van der Waals surface area (Å²) in [6.45, 7) is 8.51. The Kier molecular flexibility index (Phi) is 6.40. The quantitative estimate of drug-likeness (QED) is 0.680. The van der Waals surface area contributed by atoms with Crippen LogP contribution >= 0.6 is 0 Å². The molecule has 1 saturated heterocycles. The first kappa shape index (κ1) is 20.5. The Hall–Kier alpha value is -2.77. The molecule has 0 bridgehead atoms. The van der Waals surface area contributed by atoms with Gasteiger partial charge in [0.15, 0.2) is 5.78 Å². The molecule has 158 valence electrons. The number of aliphatic hydroxyl groups is 1. The van der Waals surface area contributed by atoms with Gasteiger partial charge in [0.25, 0.3) is 0 Å². The fraction of sp³-hybridized carbons (Fsp3) is 0.435. The number of anilines is 2. The van der Waals surface area contributed by atoms with Gasteiger partial charge >= 0.3 is 0 Å². The van der Waals surface area contributed by atoms with Crippen LogP contribution in [0.2, 0.25) is 0 Å². The van der Waals surface area contributed by atoms with E-state index in [0.29, 0.717) is 36.8 Å². The summed E-state index contributed by atoms with van der Waals surface area (Å²) >= 11 is 0. The first-order valence-electron chi connectivity index (χ1n) is 10.6. The summed E-state index contributed by atoms with van der Waals surface area (Å²) in [4.78, 5) is 27.1. The molecule has 2 N–H and O–H groups in total. The summed E-state index contributed by atoms with van der Waals surface area (Å²) in [7, 11) is 0. The molecule has 1 fully saturated rings. The monoisotopic (exact) mass is 407 g/mol. The molecule has 1 aliphatic carbocycles. The van der Waals surface area contributed by atoms with E-state index in [-0.39, 0.29) is 18.3 Å². The third-order valence-corrected chi connectivity index (χ3v) is 5.88. The van der Waals surface area contributed by atoms with Gasteiger partial charge in [0, 0.05) is 45.7 Å². The zero-order chi connectivity index (χ0) is 20.9. The van der Waals surface area contributed by atoms with Crippen LogP contribution in [0.5, 0.6) is 0 Å². The zero-order valence-electron chi connectivity index (χ0n) is 17.3. The number of nitrogens with zero attached hydrogens (tertiary/aromatic N) is 4. The topological polar surface area (TPSA) is 81.6 Å². The standard InChI is InChI=1S/C23H29N5O2/c1-2-8-24-22-21-19(15-18(16-20(21)30)17-6-4-3-5-7-17)25-23(26-22)28-11-9-27(10-12-28)13-14-29/h2-7,18,29H,1,8-16H2,(H,24,25,26)/t18-/m0/s1. The van der Waals surface area contributed by atoms with E-state index >= 15 is 0 Å². The predicted molar refractivity (Wildman–Crippen MR) is 118 cm³/mol. The Balaban J connectivity index is 1.64. The van der Waals surface area contributed by atoms with Gasteiger partial charge in [-0.1, -0.05) is 36.4 Å². The van der Waals surface area contributed by atoms with Gasteiger partial charge in [-0.05, 0) is 17.9 Å². The second kappa shape index (κ2) is 9.36. The van der Waals surface area contributed by atoms with Crippen LogP contribution in [-0.4, -0.2) is 71.6 Å². The van der Waals surface area contributed by atoms with Gasteiger partial charge in [-0.25, -0.2) is 4.98 Å². The highest BCUT2D eigenvalue weighted by molar-refractivity contribution is 6.03. The molecular formula is C23H29N5O2. The number of hydrogen-bond acceptors (Lipinski definition) is 7. The molecule has 30 heavy (non-hydrogen) atoms. The molecule has 2 aromatic rings. The van der Waals surface area contributed by atoms with Crippen LogP contribution in [0.3, 0.4) is 0 Å². The highest BCUT2D eigenvalue weighted by Gasteiger charge is 2.32. The van der Waals surface area contributed by atoms with E-state index < -0.39 is 0 Å². The van der Waals surface area contributed by atoms with E-state index in [0.717, 1.165) is 38.3 Å². The van der Waals surface area contributed by atoms with E-state index in [1.54, 1.807) is 6.08 Å². The molecule has 1 aromatic carbocycles. The number of Topliss-reactive ketones (excluding diaryl/α,β-unsaturated/α-hetero) is 1. The number of aliphatic hydroxyl groups excluding tert-OH is 1. The average Bonchev–Trinajstić information content (AvgIpc) is 2.78. The molecule has 1 atom stereocenters. The highest BCUT2D eigenvalue weighted by Crippen LogP contribution is 2.35. The third-order valence-electron chi connectivity index (χ3n) is 5.88. The number of nitrogens with one attached hydrogen (secondary N) is 1. The molecule has 0 radical (unpaired) electrons. The normalized spacial score (nSPS) is 19.4. The van der Waals surface area contributed by atoms with Gasteiger partial charge in [-0.2, -0.15) is 4.98 Å². The Bertz CT molecular complexity index is 894. The maximum absolute atomic E-state index is 13.1. The van der Waals surface area contributed by atoms with Crippen molar-refractivity contribution in [2.45, 2.75) is 18.8 Å². The van der Waals surface area contributed by atoms with E-state index in [9.17, 15) is 4.79 Å². The highest BCUT2D eigenvalue weighted by atomic mass is 16.3. The Morgan fingerprint density at radius 2 is 1.90 bits per heavy atom. The van der Waals surface area contributed by atoms with Crippen LogP contribution in [0.15, 0.2) is 43.0 Å². The number of aromatic nitrogens is 2. The number of hydrogen-bond donors (Lipinski definition) is 2. The van der Waals surface area contributed by atoms with Crippen molar-refractivity contribution in [2.75, 3.05) is 56.1 Å². The summed E-state index contributed by atoms with van der Waals surface area (Å²) < 4.78 is 0. The molecule has 7 nitrogen and oxygen atoms in total. The SMILES string of the molecule is C=CCNc1nc(N2CCN(CCO)CC2)nc2c1C(=O)C[C@@H](c1ccccc1)C2. The maximum atomic E-state index is 13.1. The number of carbonyl (C=O) groups is 1. The molecule has 7 heteroatoms. The van der Waals surface area contributed by atoms with Crippen LogP contribution in [0.25, 0.3) is 0 Å². The summed E-state index contributed by atoms with van der Waals surface area (Å²) in [5.74, 6) is 1.52. The van der Waals surface area contributed by atoms with Gasteiger partial charge in [0.2, 0.25) is 5.95 Å². The molecule has 1 aromatic heterocycles. The lowest BCUT2D eigenvalue weighted by Crippen LogP contribution is -2.48. The lowest BCUT2D eigenvalue weighted by atomic mass is 9.82. The smallest absolute Gasteiger partial charge is 0.227 e. The van der Waals surface area contributed by atoms with Crippen LogP contribution in [0.4, 0.5) is 11.8 Å². The van der Waals surface area contributed by atoms with Crippen LogP contribution in [0.1, 0.15) is 34.0 Å². The van der Waals surface area contributed by atoms with Gasteiger partial charge in [0.05, 0.1) is 17.9 Å². The molecule has 2 heterocycles. The van der Waals surface area contributed by atoms with Crippen molar-refractivity contribution in [3.05, 3.63) is 59.8 Å². The fourth-order valence-corrected chi connectivity index (χ4v) is 4.28. The molecular weight excluding hydrogens is 378 g/mol. The summed E-state index contributed by atoms with van der Waals surface area (Å²) in [6.07, 6.45) is 2.97. The van der Waals surface area contributed by atoms with Crippen molar-refractivity contribution in [3.63, 3.8) is 0 Å². The second-order valence-electron chi connectivity index (χ2n) is 7.85. The lowest BCUT2D eigenvalue weighted by Gasteiger charge is -2.35. The Morgan fingerprint density at radius 3 is 2.60 bits per heavy atom. The zero-order valence-corrected chi connectivity index (χ0v) is 17.3. The van der Waals surface area contributed by atoms with Crippen molar-refractivity contribution in [1.29, 1.82) is 0 Å². The molecule has 4 rings (SSSR count). The van der Waals surface area contributed by atoms with Gasteiger partial charge in [-0.3, -0.25) is 9.69 Å². The largest absolute Gasteiger partial charge is 0.395 e. The number of benzene rings is 1. The van der Waals surface area contributed by atoms with Gasteiger partial charge < -0.3 is 15.3 Å². The first-order valence-corrected chi connectivity index (χ1v) is 10.6. The third kappa shape index (κ3) is 4.37. The number of carbonyl (C=O) groups excluding carboxylic acids is 1. The Morgan fingerprint density at radius 1 is 1.13 bits per heavy atom. The molecule has 1 aliphatic heterocycles. The minimum atomic E-state index is 0.0935. The molecule has 0 amide bonds. The van der Waals surface area contributed by atoms with Gasteiger partial charge in [0.1, 0.15) is 5.82 Å². The van der Waals surface area contributed by atoms with Crippen molar-refractivity contribution >= 4 is 17.5 Å². The first-order chi connectivity index (χ1) is 14.7. The number of ketones is 1. The van der Waals surface area contributed by atoms with E-state index in [1.165, 1.54) is 5.56 Å². The second-order valence-corrected chi connectivity index (χ2v) is 7.85. The van der Waals surface area contributed by atoms with Crippen molar-refractivity contribution in [1.82, 2.24) is 14.9 Å². The van der Waals surface area contributed by atoms with E-state index in [4.69, 9.17) is 15.1 Å². The number of fused-ring (bicyclic) bond motifs is 1. The van der Waals surface area contributed by atoms with E-state index in [2.05, 4.69) is 33.8 Å². The van der Waals surface area contributed by atoms with Crippen LogP contribution < -0.4 is 10.2 Å². The van der Waals surface area contributed by atoms with Crippen molar-refractivity contribution in [3.8, 4) is 0 Å². The van der Waals surface area contributed by atoms with Gasteiger partial charge in [-0.15, -0.1) is 6.58 Å². The van der Waals surface area contributed by atoms with Crippen molar-refractivity contribution < 1.29 is 9.90 Å². The number of rotatable bonds is 7. The minimum absolute atomic E-state index is 0.0935. The maximum Gasteiger partial charge on any atom is 0.227 e. The minimum Gasteiger partial charge on any atom is -0.395 e. The summed E-state index contributed by atoms with van der Waals surface area (Å²) in [5, 5.41) is 12.4. The van der Waals surface area contributed by atoms with Crippen molar-refractivity contribution in [2.24, 2.45) is 0 Å². The van der Waals surface area contributed by atoms with Crippen LogP contribution in [0, 0.1) is 0 Å². The lowest BCUT2D eigenvalue weighted by molar-refractivity contribution is 0.0963. The number of β-amino-alcohol motifs (C(OH)–C–C–N with tert-alkyl or cyclic N) is 1. The predicted octanol–water partition coefficient (Wildman–Crippen LogP) is 2.10. The fourth-order valence-electron chi connectivity index (χ4n) is 4.28. The summed E-state index contributed by atoms with van der Waals surface area (Å²) in [6, 6.07) is 10.2. The summed E-state index contributed by atoms with van der Waals surface area (Å²) in [5.41, 5.74) is 2.64. The molecule has 0 unspecified atom stereocenters.